The summed E-state index contributed by atoms with van der Waals surface area (Å²) in [6, 6.07) is 0. The number of rotatable bonds is 8. The van der Waals surface area contributed by atoms with Crippen LogP contribution in [0.15, 0.2) is 0 Å². The lowest BCUT2D eigenvalue weighted by atomic mass is 9.79. The van der Waals surface area contributed by atoms with Gasteiger partial charge in [0, 0.05) is 40.2 Å². The van der Waals surface area contributed by atoms with Crippen molar-refractivity contribution in [2.45, 2.75) is 71.3 Å². The molecule has 0 atom stereocenters. The van der Waals surface area contributed by atoms with Crippen molar-refractivity contribution < 1.29 is 19.4 Å². The van der Waals surface area contributed by atoms with E-state index in [1.165, 1.54) is 0 Å². The van der Waals surface area contributed by atoms with E-state index >= 15 is 0 Å². The third kappa shape index (κ3) is 8.88. The smallest absolute Gasteiger partial charge is 0.410 e. The molecule has 0 aromatic rings. The van der Waals surface area contributed by atoms with E-state index in [1.54, 1.807) is 16.8 Å². The summed E-state index contributed by atoms with van der Waals surface area (Å²) in [6.07, 6.45) is 6.41. The molecule has 6 nitrogen and oxygen atoms in total. The second-order valence-corrected chi connectivity index (χ2v) is 8.67. The maximum absolute atomic E-state index is 12.2. The van der Waals surface area contributed by atoms with Gasteiger partial charge in [-0.05, 0) is 58.3 Å². The van der Waals surface area contributed by atoms with Gasteiger partial charge in [-0.15, -0.1) is 0 Å². The van der Waals surface area contributed by atoms with Gasteiger partial charge >= 0.3 is 6.09 Å². The number of aliphatic hydroxyl groups is 1. The van der Waals surface area contributed by atoms with Gasteiger partial charge in [-0.25, -0.2) is 4.79 Å². The number of amides is 2. The van der Waals surface area contributed by atoms with E-state index in [-0.39, 0.29) is 18.6 Å². The average Bonchev–Trinajstić information content (AvgIpc) is 2.57. The highest BCUT2D eigenvalue weighted by atomic mass is 16.6. The Morgan fingerprint density at radius 2 is 1.58 bits per heavy atom. The first-order valence-electron chi connectivity index (χ1n) is 9.91. The first-order valence-corrected chi connectivity index (χ1v) is 9.91. The molecular formula is C20H38N2O4. The van der Waals surface area contributed by atoms with Crippen LogP contribution in [0, 0.1) is 11.8 Å². The average molecular weight is 371 g/mol. The third-order valence-electron chi connectivity index (χ3n) is 5.08. The molecule has 1 N–H and O–H groups in total. The van der Waals surface area contributed by atoms with Gasteiger partial charge in [0.1, 0.15) is 5.60 Å². The molecule has 6 heteroatoms. The summed E-state index contributed by atoms with van der Waals surface area (Å²) >= 11 is 0. The van der Waals surface area contributed by atoms with Crippen molar-refractivity contribution in [3.05, 3.63) is 0 Å². The molecule has 2 amide bonds. The summed E-state index contributed by atoms with van der Waals surface area (Å²) in [7, 11) is 3.61. The van der Waals surface area contributed by atoms with Crippen molar-refractivity contribution >= 4 is 12.0 Å². The standard InChI is InChI=1S/C20H38N2O4/c1-20(2,3)26-19(25)22(5)13-11-16-7-9-17(10-8-16)15-18(24)21(4)12-6-14-23/h16-17,23H,6-15H2,1-5H3. The highest BCUT2D eigenvalue weighted by Crippen LogP contribution is 2.33. The Hall–Kier alpha value is -1.30. The number of carbonyl (C=O) groups excluding carboxylic acids is 2. The van der Waals surface area contributed by atoms with Gasteiger partial charge < -0.3 is 19.6 Å². The molecule has 152 valence electrons. The summed E-state index contributed by atoms with van der Waals surface area (Å²) < 4.78 is 5.38. The SMILES string of the molecule is CN(CCCO)C(=O)CC1CCC(CCN(C)C(=O)OC(C)(C)C)CC1. The highest BCUT2D eigenvalue weighted by Gasteiger charge is 2.25. The van der Waals surface area contributed by atoms with Crippen LogP contribution >= 0.6 is 0 Å². The van der Waals surface area contributed by atoms with Crippen molar-refractivity contribution in [3.63, 3.8) is 0 Å². The van der Waals surface area contributed by atoms with E-state index in [1.807, 2.05) is 27.8 Å². The zero-order valence-electron chi connectivity index (χ0n) is 17.3. The van der Waals surface area contributed by atoms with Crippen LogP contribution in [0.1, 0.15) is 65.7 Å². The minimum atomic E-state index is -0.458. The molecule has 0 aliphatic heterocycles. The number of carbonyl (C=O) groups is 2. The van der Waals surface area contributed by atoms with Crippen LogP contribution < -0.4 is 0 Å². The quantitative estimate of drug-likeness (QED) is 0.712. The van der Waals surface area contributed by atoms with E-state index in [2.05, 4.69) is 0 Å². The Morgan fingerprint density at radius 1 is 1.00 bits per heavy atom. The zero-order chi connectivity index (χ0) is 19.7. The molecule has 1 aliphatic carbocycles. The maximum atomic E-state index is 12.2. The Bertz CT molecular complexity index is 440. The van der Waals surface area contributed by atoms with Crippen molar-refractivity contribution in [1.82, 2.24) is 9.80 Å². The van der Waals surface area contributed by atoms with Gasteiger partial charge in [-0.3, -0.25) is 4.79 Å². The molecule has 0 aromatic carbocycles. The summed E-state index contributed by atoms with van der Waals surface area (Å²) in [5, 5.41) is 8.86. The van der Waals surface area contributed by atoms with E-state index in [0.717, 1.165) is 32.1 Å². The lowest BCUT2D eigenvalue weighted by Crippen LogP contribution is -2.35. The molecule has 0 saturated heterocycles. The van der Waals surface area contributed by atoms with E-state index in [0.29, 0.717) is 37.8 Å². The zero-order valence-corrected chi connectivity index (χ0v) is 17.3. The lowest BCUT2D eigenvalue weighted by Gasteiger charge is -2.31. The minimum absolute atomic E-state index is 0.125. The summed E-state index contributed by atoms with van der Waals surface area (Å²) in [6.45, 7) is 7.10. The van der Waals surface area contributed by atoms with Crippen LogP contribution in [0.25, 0.3) is 0 Å². The molecule has 0 unspecified atom stereocenters. The largest absolute Gasteiger partial charge is 0.444 e. The van der Waals surface area contributed by atoms with Crippen molar-refractivity contribution in [1.29, 1.82) is 0 Å². The number of hydrogen-bond acceptors (Lipinski definition) is 4. The maximum Gasteiger partial charge on any atom is 0.410 e. The molecular weight excluding hydrogens is 332 g/mol. The number of aliphatic hydroxyl groups excluding tert-OH is 1. The van der Waals surface area contributed by atoms with Crippen molar-refractivity contribution in [3.8, 4) is 0 Å². The molecule has 26 heavy (non-hydrogen) atoms. The highest BCUT2D eigenvalue weighted by molar-refractivity contribution is 5.76. The predicted molar refractivity (Wildman–Crippen MR) is 103 cm³/mol. The van der Waals surface area contributed by atoms with Crippen molar-refractivity contribution in [2.24, 2.45) is 11.8 Å². The van der Waals surface area contributed by atoms with Gasteiger partial charge in [0.25, 0.3) is 0 Å². The van der Waals surface area contributed by atoms with Gasteiger partial charge in [-0.1, -0.05) is 12.8 Å². The fourth-order valence-electron chi connectivity index (χ4n) is 3.37. The van der Waals surface area contributed by atoms with E-state index in [4.69, 9.17) is 9.84 Å². The summed E-state index contributed by atoms with van der Waals surface area (Å²) in [5.41, 5.74) is -0.458. The predicted octanol–water partition coefficient (Wildman–Crippen LogP) is 3.28. The van der Waals surface area contributed by atoms with Crippen LogP contribution in [-0.4, -0.2) is 66.3 Å². The van der Waals surface area contributed by atoms with E-state index < -0.39 is 5.60 Å². The molecule has 0 bridgehead atoms. The van der Waals surface area contributed by atoms with Crippen LogP contribution in [0.2, 0.25) is 0 Å². The van der Waals surface area contributed by atoms with Gasteiger partial charge in [0.15, 0.2) is 0 Å². The molecule has 1 fully saturated rings. The lowest BCUT2D eigenvalue weighted by molar-refractivity contribution is -0.131. The molecule has 0 radical (unpaired) electrons. The van der Waals surface area contributed by atoms with Gasteiger partial charge in [0.2, 0.25) is 5.91 Å². The number of hydrogen-bond donors (Lipinski definition) is 1. The molecule has 1 aliphatic rings. The van der Waals surface area contributed by atoms with Crippen molar-refractivity contribution in [2.75, 3.05) is 33.8 Å². The Kier molecular flexibility index (Phi) is 9.41. The number of ether oxygens (including phenoxy) is 1. The minimum Gasteiger partial charge on any atom is -0.444 e. The first-order chi connectivity index (χ1) is 12.1. The topological polar surface area (TPSA) is 70.1 Å². The molecule has 0 heterocycles. The summed E-state index contributed by atoms with van der Waals surface area (Å²) in [4.78, 5) is 27.6. The number of nitrogens with zero attached hydrogens (tertiary/aromatic N) is 2. The third-order valence-corrected chi connectivity index (χ3v) is 5.08. The van der Waals surface area contributed by atoms with Crippen LogP contribution in [0.4, 0.5) is 4.79 Å². The Labute approximate surface area is 158 Å². The fourth-order valence-corrected chi connectivity index (χ4v) is 3.37. The van der Waals surface area contributed by atoms with Gasteiger partial charge in [-0.2, -0.15) is 0 Å². The van der Waals surface area contributed by atoms with Gasteiger partial charge in [0.05, 0.1) is 0 Å². The Balaban J connectivity index is 2.25. The molecule has 1 rings (SSSR count). The first kappa shape index (κ1) is 22.7. The van der Waals surface area contributed by atoms with Crippen LogP contribution in [0.5, 0.6) is 0 Å². The summed E-state index contributed by atoms with van der Waals surface area (Å²) in [5.74, 6) is 1.28. The van der Waals surface area contributed by atoms with E-state index in [9.17, 15) is 9.59 Å². The second-order valence-electron chi connectivity index (χ2n) is 8.67. The monoisotopic (exact) mass is 370 g/mol. The molecule has 1 saturated carbocycles. The normalized spacial score (nSPS) is 20.5. The second kappa shape index (κ2) is 10.8. The molecule has 0 spiro atoms. The fraction of sp³-hybridized carbons (Fsp3) is 0.900. The molecule has 0 aromatic heterocycles. The Morgan fingerprint density at radius 3 is 2.12 bits per heavy atom. The van der Waals surface area contributed by atoms with Crippen LogP contribution in [0.3, 0.4) is 0 Å². The van der Waals surface area contributed by atoms with Crippen LogP contribution in [-0.2, 0) is 9.53 Å².